The lowest BCUT2D eigenvalue weighted by Gasteiger charge is -2.33. The molecule has 1 aromatic heterocycles. The topological polar surface area (TPSA) is 82.1 Å². The number of ether oxygens (including phenoxy) is 1. The Kier molecular flexibility index (Phi) is 9.14. The fourth-order valence-electron chi connectivity index (χ4n) is 5.86. The van der Waals surface area contributed by atoms with Crippen molar-refractivity contribution in [2.75, 3.05) is 36.5 Å². The first-order valence-electron chi connectivity index (χ1n) is 14.8. The Morgan fingerprint density at radius 3 is 2.54 bits per heavy atom. The van der Waals surface area contributed by atoms with Gasteiger partial charge in [0, 0.05) is 37.3 Å². The predicted octanol–water partition coefficient (Wildman–Crippen LogP) is 6.23. The van der Waals surface area contributed by atoms with E-state index in [0.717, 1.165) is 73.4 Å². The Balaban J connectivity index is 1.47. The molecule has 1 aromatic carbocycles. The molecule has 2 fully saturated rings. The summed E-state index contributed by atoms with van der Waals surface area (Å²) in [4.78, 5) is 20.9. The van der Waals surface area contributed by atoms with Crippen molar-refractivity contribution in [1.82, 2.24) is 15.3 Å². The standard InChI is InChI=1S/C31H44N6O2/c1-22(2)32-16-7-17-33-25-11-13-29(34-21-25)36-28-20-23(3)10-12-27(28)30(24-8-5-4-6-9-24)35-37(31(36)38)26-14-18-39-19-15-26/h10-13,20-22,24,26,32-33H,4-9,14-19H2,1-3H3. The Hall–Kier alpha value is -2.97. The lowest BCUT2D eigenvalue weighted by Crippen LogP contribution is -2.45. The van der Waals surface area contributed by atoms with E-state index in [4.69, 9.17) is 14.8 Å². The van der Waals surface area contributed by atoms with Gasteiger partial charge in [0.25, 0.3) is 0 Å². The first kappa shape index (κ1) is 27.6. The average Bonchev–Trinajstić information content (AvgIpc) is 3.08. The second-order valence-corrected chi connectivity index (χ2v) is 11.4. The van der Waals surface area contributed by atoms with Crippen LogP contribution in [-0.2, 0) is 4.74 Å². The number of urea groups is 1. The number of fused-ring (bicyclic) bond motifs is 1. The van der Waals surface area contributed by atoms with Gasteiger partial charge in [-0.3, -0.25) is 0 Å². The van der Waals surface area contributed by atoms with Gasteiger partial charge in [-0.25, -0.2) is 19.7 Å². The third kappa shape index (κ3) is 6.61. The van der Waals surface area contributed by atoms with Gasteiger partial charge in [-0.1, -0.05) is 45.2 Å². The summed E-state index contributed by atoms with van der Waals surface area (Å²) in [6, 6.07) is 10.8. The first-order chi connectivity index (χ1) is 19.0. The molecule has 0 atom stereocenters. The van der Waals surface area contributed by atoms with Crippen LogP contribution in [0.15, 0.2) is 41.6 Å². The van der Waals surface area contributed by atoms with E-state index in [1.165, 1.54) is 19.3 Å². The largest absolute Gasteiger partial charge is 0.384 e. The highest BCUT2D eigenvalue weighted by molar-refractivity contribution is 6.13. The van der Waals surface area contributed by atoms with E-state index in [0.29, 0.717) is 31.0 Å². The molecule has 1 saturated carbocycles. The molecule has 210 valence electrons. The van der Waals surface area contributed by atoms with E-state index in [9.17, 15) is 4.79 Å². The normalized spacial score (nSPS) is 19.2. The molecule has 2 N–H and O–H groups in total. The molecule has 2 aliphatic heterocycles. The molecule has 3 aliphatic rings. The maximum Gasteiger partial charge on any atom is 0.351 e. The SMILES string of the molecule is Cc1ccc2c(c1)N(c1ccc(NCCCNC(C)C)cn1)C(=O)N(C1CCOCC1)N=C2C1CCCCC1. The number of carbonyl (C=O) groups excluding carboxylic acids is 1. The van der Waals surface area contributed by atoms with Crippen molar-refractivity contribution in [3.63, 3.8) is 0 Å². The van der Waals surface area contributed by atoms with E-state index in [2.05, 4.69) is 49.6 Å². The smallest absolute Gasteiger partial charge is 0.351 e. The van der Waals surface area contributed by atoms with E-state index >= 15 is 0 Å². The molecule has 0 spiro atoms. The van der Waals surface area contributed by atoms with E-state index < -0.39 is 0 Å². The molecule has 1 saturated heterocycles. The molecule has 0 unspecified atom stereocenters. The van der Waals surface area contributed by atoms with Gasteiger partial charge in [-0.05, 0) is 69.3 Å². The van der Waals surface area contributed by atoms with E-state index in [-0.39, 0.29) is 12.1 Å². The quantitative estimate of drug-likeness (QED) is 0.374. The van der Waals surface area contributed by atoms with Crippen LogP contribution in [0.1, 0.15) is 76.3 Å². The number of amides is 2. The third-order valence-electron chi connectivity index (χ3n) is 8.01. The zero-order valence-electron chi connectivity index (χ0n) is 23.8. The van der Waals surface area contributed by atoms with Crippen molar-refractivity contribution < 1.29 is 9.53 Å². The molecule has 8 nitrogen and oxygen atoms in total. The van der Waals surface area contributed by atoms with Gasteiger partial charge in [0.15, 0.2) is 0 Å². The van der Waals surface area contributed by atoms with Crippen molar-refractivity contribution >= 4 is 28.9 Å². The molecule has 3 heterocycles. The second-order valence-electron chi connectivity index (χ2n) is 11.4. The average molecular weight is 533 g/mol. The number of carbonyl (C=O) groups is 1. The first-order valence-corrected chi connectivity index (χ1v) is 14.8. The Morgan fingerprint density at radius 1 is 1.03 bits per heavy atom. The number of aromatic nitrogens is 1. The maximum atomic E-state index is 14.4. The van der Waals surface area contributed by atoms with E-state index in [1.807, 2.05) is 18.3 Å². The number of hydrogen-bond acceptors (Lipinski definition) is 6. The molecule has 1 aliphatic carbocycles. The van der Waals surface area contributed by atoms with Crippen molar-refractivity contribution in [2.45, 2.75) is 84.2 Å². The Bertz CT molecular complexity index is 1140. The summed E-state index contributed by atoms with van der Waals surface area (Å²) in [6.45, 7) is 9.54. The van der Waals surface area contributed by atoms with Gasteiger partial charge >= 0.3 is 6.03 Å². The number of anilines is 3. The van der Waals surface area contributed by atoms with E-state index in [1.54, 1.807) is 9.91 Å². The van der Waals surface area contributed by atoms with Crippen molar-refractivity contribution in [3.05, 3.63) is 47.7 Å². The molecule has 5 rings (SSSR count). The number of hydrogen-bond donors (Lipinski definition) is 2. The summed E-state index contributed by atoms with van der Waals surface area (Å²) >= 11 is 0. The molecular formula is C31H44N6O2. The number of nitrogens with zero attached hydrogens (tertiary/aromatic N) is 4. The number of pyridine rings is 1. The van der Waals surface area contributed by atoms with Gasteiger partial charge in [0.05, 0.1) is 29.3 Å². The van der Waals surface area contributed by atoms with Crippen molar-refractivity contribution in [2.24, 2.45) is 11.0 Å². The molecular weight excluding hydrogens is 488 g/mol. The number of rotatable bonds is 9. The third-order valence-corrected chi connectivity index (χ3v) is 8.01. The predicted molar refractivity (Wildman–Crippen MR) is 158 cm³/mol. The summed E-state index contributed by atoms with van der Waals surface area (Å²) in [6.07, 6.45) is 10.4. The molecule has 2 amide bonds. The number of hydrazone groups is 1. The summed E-state index contributed by atoms with van der Waals surface area (Å²) in [5, 5.41) is 13.9. The van der Waals surface area contributed by atoms with Crippen molar-refractivity contribution in [3.8, 4) is 0 Å². The van der Waals surface area contributed by atoms with Gasteiger partial charge in [0.2, 0.25) is 0 Å². The fourth-order valence-corrected chi connectivity index (χ4v) is 5.86. The van der Waals surface area contributed by atoms with Crippen LogP contribution in [0.25, 0.3) is 0 Å². The van der Waals surface area contributed by atoms with Crippen LogP contribution in [0.3, 0.4) is 0 Å². The van der Waals surface area contributed by atoms with Gasteiger partial charge < -0.3 is 15.4 Å². The van der Waals surface area contributed by atoms with Gasteiger partial charge in [-0.15, -0.1) is 0 Å². The number of aryl methyl sites for hydroxylation is 1. The minimum Gasteiger partial charge on any atom is -0.384 e. The van der Waals surface area contributed by atoms with Crippen LogP contribution < -0.4 is 15.5 Å². The summed E-state index contributed by atoms with van der Waals surface area (Å²) < 4.78 is 5.64. The monoisotopic (exact) mass is 532 g/mol. The summed E-state index contributed by atoms with van der Waals surface area (Å²) in [7, 11) is 0. The number of nitrogens with one attached hydrogen (secondary N) is 2. The van der Waals surface area contributed by atoms with Crippen LogP contribution in [0.4, 0.5) is 22.0 Å². The molecule has 0 radical (unpaired) electrons. The lowest BCUT2D eigenvalue weighted by atomic mass is 9.82. The van der Waals surface area contributed by atoms with Crippen molar-refractivity contribution in [1.29, 1.82) is 0 Å². The highest BCUT2D eigenvalue weighted by Gasteiger charge is 2.38. The summed E-state index contributed by atoms with van der Waals surface area (Å²) in [5.41, 5.74) is 5.06. The molecule has 8 heteroatoms. The fraction of sp³-hybridized carbons (Fsp3) is 0.581. The minimum atomic E-state index is -0.132. The van der Waals surface area contributed by atoms with Gasteiger partial charge in [0.1, 0.15) is 5.82 Å². The minimum absolute atomic E-state index is 0.0168. The van der Waals surface area contributed by atoms with Crippen LogP contribution in [-0.4, -0.2) is 60.1 Å². The zero-order chi connectivity index (χ0) is 27.2. The Morgan fingerprint density at radius 2 is 1.82 bits per heavy atom. The maximum absolute atomic E-state index is 14.4. The van der Waals surface area contributed by atoms with Crippen LogP contribution in [0, 0.1) is 12.8 Å². The van der Waals surface area contributed by atoms with Crippen LogP contribution in [0.2, 0.25) is 0 Å². The van der Waals surface area contributed by atoms with Crippen LogP contribution in [0.5, 0.6) is 0 Å². The zero-order valence-corrected chi connectivity index (χ0v) is 23.8. The Labute approximate surface area is 233 Å². The molecule has 39 heavy (non-hydrogen) atoms. The highest BCUT2D eigenvalue weighted by atomic mass is 16.5. The molecule has 2 aromatic rings. The van der Waals surface area contributed by atoms with Crippen LogP contribution >= 0.6 is 0 Å². The second kappa shape index (κ2) is 12.9. The van der Waals surface area contributed by atoms with Gasteiger partial charge in [-0.2, -0.15) is 5.10 Å². The number of benzene rings is 1. The molecule has 0 bridgehead atoms. The lowest BCUT2D eigenvalue weighted by molar-refractivity contribution is 0.0480. The highest BCUT2D eigenvalue weighted by Crippen LogP contribution is 2.38. The summed E-state index contributed by atoms with van der Waals surface area (Å²) in [5.74, 6) is 0.982.